The van der Waals surface area contributed by atoms with E-state index in [1.54, 1.807) is 0 Å². The minimum absolute atomic E-state index is 1.04. The van der Waals surface area contributed by atoms with Crippen LogP contribution in [0.5, 0.6) is 0 Å². The molecule has 2 nitrogen and oxygen atoms in total. The monoisotopic (exact) mass is 262 g/mol. The van der Waals surface area contributed by atoms with Crippen LogP contribution in [0.2, 0.25) is 0 Å². The largest absolute Gasteiger partial charge is 0.342 e. The van der Waals surface area contributed by atoms with Gasteiger partial charge in [-0.2, -0.15) is 0 Å². The predicted molar refractivity (Wildman–Crippen MR) is 82.5 cm³/mol. The molecule has 2 aromatic carbocycles. The molecule has 0 amide bonds. The summed E-state index contributed by atoms with van der Waals surface area (Å²) >= 11 is 0. The van der Waals surface area contributed by atoms with Crippen molar-refractivity contribution < 1.29 is 0 Å². The number of rotatable bonds is 2. The zero-order valence-electron chi connectivity index (χ0n) is 11.5. The molecule has 0 saturated carbocycles. The van der Waals surface area contributed by atoms with E-state index in [4.69, 9.17) is 0 Å². The van der Waals surface area contributed by atoms with Gasteiger partial charge in [-0.05, 0) is 23.1 Å². The molecule has 0 N–H and O–H groups in total. The van der Waals surface area contributed by atoms with Crippen molar-refractivity contribution in [2.45, 2.75) is 19.6 Å². The molecule has 0 aliphatic carbocycles. The fraction of sp³-hybridized carbons (Fsp3) is 0.222. The van der Waals surface area contributed by atoms with E-state index in [2.05, 4.69) is 70.1 Å². The van der Waals surface area contributed by atoms with Crippen LogP contribution in [-0.2, 0) is 19.6 Å². The Morgan fingerprint density at radius 2 is 1.65 bits per heavy atom. The third-order valence-corrected chi connectivity index (χ3v) is 4.17. The Kier molecular flexibility index (Phi) is 2.82. The Morgan fingerprint density at radius 1 is 0.850 bits per heavy atom. The zero-order chi connectivity index (χ0) is 13.4. The molecular weight excluding hydrogens is 244 g/mol. The van der Waals surface area contributed by atoms with Gasteiger partial charge in [-0.15, -0.1) is 0 Å². The second kappa shape index (κ2) is 4.80. The Hall–Kier alpha value is -2.06. The summed E-state index contributed by atoms with van der Waals surface area (Å²) in [5.41, 5.74) is 4.22. The van der Waals surface area contributed by atoms with Gasteiger partial charge in [0.1, 0.15) is 0 Å². The van der Waals surface area contributed by atoms with E-state index < -0.39 is 0 Å². The second-order valence-corrected chi connectivity index (χ2v) is 5.54. The number of nitrogens with zero attached hydrogens (tertiary/aromatic N) is 2. The molecule has 100 valence electrons. The van der Waals surface area contributed by atoms with Gasteiger partial charge in [-0.25, -0.2) is 0 Å². The minimum atomic E-state index is 1.04. The van der Waals surface area contributed by atoms with E-state index in [-0.39, 0.29) is 0 Å². The summed E-state index contributed by atoms with van der Waals surface area (Å²) in [6.45, 7) is 4.31. The molecule has 1 aromatic heterocycles. The van der Waals surface area contributed by atoms with Gasteiger partial charge in [0.15, 0.2) is 0 Å². The highest BCUT2D eigenvalue weighted by Gasteiger charge is 2.18. The number of benzene rings is 2. The summed E-state index contributed by atoms with van der Waals surface area (Å²) in [6.07, 6.45) is 0. The van der Waals surface area contributed by atoms with Crippen molar-refractivity contribution >= 4 is 10.9 Å². The molecule has 0 bridgehead atoms. The lowest BCUT2D eigenvalue weighted by molar-refractivity contribution is 0.215. The topological polar surface area (TPSA) is 8.17 Å². The third kappa shape index (κ3) is 2.02. The second-order valence-electron chi connectivity index (χ2n) is 5.54. The fourth-order valence-electron chi connectivity index (χ4n) is 3.19. The van der Waals surface area contributed by atoms with Crippen LogP contribution in [0.25, 0.3) is 10.9 Å². The average Bonchev–Trinajstić information content (AvgIpc) is 2.86. The maximum atomic E-state index is 2.53. The lowest BCUT2D eigenvalue weighted by Gasteiger charge is -2.29. The van der Waals surface area contributed by atoms with Crippen LogP contribution in [-0.4, -0.2) is 16.0 Å². The van der Waals surface area contributed by atoms with Gasteiger partial charge >= 0.3 is 0 Å². The highest BCUT2D eigenvalue weighted by atomic mass is 15.2. The Balaban J connectivity index is 1.60. The molecule has 0 saturated heterocycles. The lowest BCUT2D eigenvalue weighted by Crippen LogP contribution is -2.32. The first-order valence-corrected chi connectivity index (χ1v) is 7.23. The SMILES string of the molecule is c1ccc(CN2CCn3c(cc4ccccc43)C2)cc1. The van der Waals surface area contributed by atoms with Crippen LogP contribution in [0.15, 0.2) is 60.7 Å². The molecular formula is C18H18N2. The van der Waals surface area contributed by atoms with Gasteiger partial charge in [0.05, 0.1) is 0 Å². The van der Waals surface area contributed by atoms with Gasteiger partial charge in [-0.1, -0.05) is 48.5 Å². The molecule has 1 aliphatic heterocycles. The number of fused-ring (bicyclic) bond motifs is 3. The van der Waals surface area contributed by atoms with Gasteiger partial charge in [0, 0.05) is 37.4 Å². The molecule has 4 rings (SSSR count). The van der Waals surface area contributed by atoms with Crippen molar-refractivity contribution in [3.05, 3.63) is 71.9 Å². The Labute approximate surface area is 119 Å². The van der Waals surface area contributed by atoms with E-state index in [0.29, 0.717) is 0 Å². The van der Waals surface area contributed by atoms with Crippen molar-refractivity contribution in [1.82, 2.24) is 9.47 Å². The first kappa shape index (κ1) is 11.7. The normalized spacial score (nSPS) is 15.4. The van der Waals surface area contributed by atoms with Crippen molar-refractivity contribution in [3.8, 4) is 0 Å². The number of hydrogen-bond donors (Lipinski definition) is 0. The number of hydrogen-bond acceptors (Lipinski definition) is 1. The quantitative estimate of drug-likeness (QED) is 0.684. The fourth-order valence-corrected chi connectivity index (χ4v) is 3.19. The van der Waals surface area contributed by atoms with Gasteiger partial charge in [0.2, 0.25) is 0 Å². The van der Waals surface area contributed by atoms with Gasteiger partial charge < -0.3 is 4.57 Å². The first-order valence-electron chi connectivity index (χ1n) is 7.23. The molecule has 0 fully saturated rings. The highest BCUT2D eigenvalue weighted by Crippen LogP contribution is 2.24. The Bertz CT molecular complexity index is 728. The molecule has 2 heterocycles. The van der Waals surface area contributed by atoms with Crippen LogP contribution >= 0.6 is 0 Å². The molecule has 0 unspecified atom stereocenters. The number of para-hydroxylation sites is 1. The summed E-state index contributed by atoms with van der Waals surface area (Å²) in [5.74, 6) is 0. The van der Waals surface area contributed by atoms with E-state index in [1.165, 1.54) is 22.2 Å². The van der Waals surface area contributed by atoms with Crippen molar-refractivity contribution in [3.63, 3.8) is 0 Å². The molecule has 2 heteroatoms. The molecule has 0 atom stereocenters. The summed E-state index contributed by atoms with van der Waals surface area (Å²) < 4.78 is 2.47. The summed E-state index contributed by atoms with van der Waals surface area (Å²) in [7, 11) is 0. The van der Waals surface area contributed by atoms with Crippen LogP contribution < -0.4 is 0 Å². The van der Waals surface area contributed by atoms with Crippen LogP contribution in [0, 0.1) is 0 Å². The molecule has 1 aliphatic rings. The molecule has 0 radical (unpaired) electrons. The molecule has 20 heavy (non-hydrogen) atoms. The van der Waals surface area contributed by atoms with Gasteiger partial charge in [0.25, 0.3) is 0 Å². The van der Waals surface area contributed by atoms with Crippen molar-refractivity contribution in [1.29, 1.82) is 0 Å². The van der Waals surface area contributed by atoms with E-state index in [0.717, 1.165) is 26.2 Å². The van der Waals surface area contributed by atoms with Crippen LogP contribution in [0.3, 0.4) is 0 Å². The highest BCUT2D eigenvalue weighted by molar-refractivity contribution is 5.81. The van der Waals surface area contributed by atoms with Crippen LogP contribution in [0.4, 0.5) is 0 Å². The average molecular weight is 262 g/mol. The predicted octanol–water partition coefficient (Wildman–Crippen LogP) is 3.66. The summed E-state index contributed by atoms with van der Waals surface area (Å²) in [5, 5.41) is 1.36. The maximum absolute atomic E-state index is 2.53. The minimum Gasteiger partial charge on any atom is -0.342 e. The molecule has 0 spiro atoms. The van der Waals surface area contributed by atoms with Crippen LogP contribution in [0.1, 0.15) is 11.3 Å². The van der Waals surface area contributed by atoms with Gasteiger partial charge in [-0.3, -0.25) is 4.90 Å². The molecule has 3 aromatic rings. The summed E-state index contributed by atoms with van der Waals surface area (Å²) in [4.78, 5) is 2.53. The standard InChI is InChI=1S/C18H18N2/c1-2-6-15(7-3-1)13-19-10-11-20-17(14-19)12-16-8-4-5-9-18(16)20/h1-9,12H,10-11,13-14H2. The number of aromatic nitrogens is 1. The first-order chi connectivity index (χ1) is 9.90. The third-order valence-electron chi connectivity index (χ3n) is 4.17. The lowest BCUT2D eigenvalue weighted by atomic mass is 10.2. The van der Waals surface area contributed by atoms with E-state index in [1.807, 2.05) is 0 Å². The smallest absolute Gasteiger partial charge is 0.0483 e. The van der Waals surface area contributed by atoms with Crippen molar-refractivity contribution in [2.75, 3.05) is 6.54 Å². The Morgan fingerprint density at radius 3 is 2.55 bits per heavy atom. The summed E-state index contributed by atoms with van der Waals surface area (Å²) in [6, 6.07) is 21.8. The maximum Gasteiger partial charge on any atom is 0.0483 e. The van der Waals surface area contributed by atoms with Crippen molar-refractivity contribution in [2.24, 2.45) is 0 Å². The van der Waals surface area contributed by atoms with E-state index in [9.17, 15) is 0 Å². The van der Waals surface area contributed by atoms with E-state index >= 15 is 0 Å². The zero-order valence-corrected chi connectivity index (χ0v) is 11.5.